The molecule has 2 aliphatic rings. The van der Waals surface area contributed by atoms with Crippen LogP contribution < -0.4 is 5.32 Å². The van der Waals surface area contributed by atoms with Crippen LogP contribution in [0.5, 0.6) is 0 Å². The van der Waals surface area contributed by atoms with Crippen molar-refractivity contribution in [3.63, 3.8) is 0 Å². The first-order chi connectivity index (χ1) is 9.20. The molecule has 2 N–H and O–H groups in total. The minimum absolute atomic E-state index is 0.0858. The molecule has 1 atom stereocenters. The summed E-state index contributed by atoms with van der Waals surface area (Å²) in [4.78, 5) is 25.5. The van der Waals surface area contributed by atoms with Gasteiger partial charge < -0.3 is 15.3 Å². The van der Waals surface area contributed by atoms with E-state index in [4.69, 9.17) is 5.11 Å². The number of likely N-dealkylation sites (tertiary alicyclic amines) is 1. The quantitative estimate of drug-likeness (QED) is 0.764. The maximum Gasteiger partial charge on any atom is 0.224 e. The molecule has 1 unspecified atom stereocenters. The predicted octanol–water partition coefficient (Wildman–Crippen LogP) is 0.524. The molecule has 0 aromatic carbocycles. The van der Waals surface area contributed by atoms with Crippen molar-refractivity contribution in [1.29, 1.82) is 0 Å². The van der Waals surface area contributed by atoms with E-state index in [-0.39, 0.29) is 30.3 Å². The second-order valence-electron chi connectivity index (χ2n) is 5.70. The van der Waals surface area contributed by atoms with Crippen LogP contribution in [0.4, 0.5) is 0 Å². The van der Waals surface area contributed by atoms with Crippen molar-refractivity contribution in [2.24, 2.45) is 11.8 Å². The van der Waals surface area contributed by atoms with Crippen LogP contribution in [-0.2, 0) is 9.59 Å². The van der Waals surface area contributed by atoms with Gasteiger partial charge in [-0.25, -0.2) is 0 Å². The molecular weight excluding hydrogens is 244 g/mol. The monoisotopic (exact) mass is 268 g/mol. The number of aliphatic hydroxyl groups is 1. The summed E-state index contributed by atoms with van der Waals surface area (Å²) < 4.78 is 0. The Balaban J connectivity index is 1.62. The largest absolute Gasteiger partial charge is 0.396 e. The van der Waals surface area contributed by atoms with Crippen LogP contribution in [0.25, 0.3) is 0 Å². The van der Waals surface area contributed by atoms with E-state index in [1.165, 1.54) is 0 Å². The van der Waals surface area contributed by atoms with Gasteiger partial charge >= 0.3 is 0 Å². The van der Waals surface area contributed by atoms with E-state index in [0.29, 0.717) is 19.5 Å². The fourth-order valence-electron chi connectivity index (χ4n) is 2.99. The van der Waals surface area contributed by atoms with Crippen molar-refractivity contribution in [3.8, 4) is 0 Å². The Kier molecular flexibility index (Phi) is 5.19. The first-order valence-electron chi connectivity index (χ1n) is 7.37. The molecular formula is C14H24N2O3. The number of carbonyl (C=O) groups is 2. The minimum atomic E-state index is 0.0858. The average molecular weight is 268 g/mol. The Morgan fingerprint density at radius 3 is 2.58 bits per heavy atom. The summed E-state index contributed by atoms with van der Waals surface area (Å²) in [6.07, 6.45) is 5.53. The molecule has 19 heavy (non-hydrogen) atoms. The van der Waals surface area contributed by atoms with Gasteiger partial charge in [0.2, 0.25) is 11.8 Å². The molecule has 5 heteroatoms. The topological polar surface area (TPSA) is 69.6 Å². The number of carbonyl (C=O) groups excluding carboxylic acids is 2. The summed E-state index contributed by atoms with van der Waals surface area (Å²) in [5.41, 5.74) is 0. The van der Waals surface area contributed by atoms with E-state index in [1.54, 1.807) is 4.90 Å². The van der Waals surface area contributed by atoms with Crippen molar-refractivity contribution in [2.45, 2.75) is 38.5 Å². The second-order valence-corrected chi connectivity index (χ2v) is 5.70. The summed E-state index contributed by atoms with van der Waals surface area (Å²) in [6, 6.07) is 0. The Morgan fingerprint density at radius 2 is 1.95 bits per heavy atom. The number of nitrogens with one attached hydrogen (secondary N) is 1. The normalized spacial score (nSPS) is 23.8. The third kappa shape index (κ3) is 3.93. The van der Waals surface area contributed by atoms with Crippen LogP contribution in [-0.4, -0.2) is 48.1 Å². The van der Waals surface area contributed by atoms with Crippen molar-refractivity contribution in [2.75, 3.05) is 26.2 Å². The van der Waals surface area contributed by atoms with Gasteiger partial charge in [0, 0.05) is 44.5 Å². The Labute approximate surface area is 114 Å². The third-order valence-electron chi connectivity index (χ3n) is 4.26. The molecule has 1 saturated heterocycles. The number of rotatable bonds is 5. The minimum Gasteiger partial charge on any atom is -0.396 e. The summed E-state index contributed by atoms with van der Waals surface area (Å²) in [7, 11) is 0. The zero-order valence-corrected chi connectivity index (χ0v) is 11.4. The molecule has 0 aromatic rings. The summed E-state index contributed by atoms with van der Waals surface area (Å²) in [5.74, 6) is 0.598. The number of hydrogen-bond acceptors (Lipinski definition) is 3. The summed E-state index contributed by atoms with van der Waals surface area (Å²) in [5, 5.41) is 11.9. The van der Waals surface area contributed by atoms with Crippen molar-refractivity contribution < 1.29 is 14.7 Å². The first-order valence-corrected chi connectivity index (χ1v) is 7.37. The highest BCUT2D eigenvalue weighted by molar-refractivity contribution is 5.80. The highest BCUT2D eigenvalue weighted by atomic mass is 16.3. The molecule has 1 saturated carbocycles. The lowest BCUT2D eigenvalue weighted by Gasteiger charge is -2.16. The molecule has 1 heterocycles. The molecule has 5 nitrogen and oxygen atoms in total. The van der Waals surface area contributed by atoms with Gasteiger partial charge in [0.1, 0.15) is 0 Å². The van der Waals surface area contributed by atoms with Gasteiger partial charge in [0.05, 0.1) is 0 Å². The maximum absolute atomic E-state index is 11.9. The Bertz CT molecular complexity index is 327. The lowest BCUT2D eigenvalue weighted by atomic mass is 10.1. The first kappa shape index (κ1) is 14.3. The highest BCUT2D eigenvalue weighted by Crippen LogP contribution is 2.24. The Hall–Kier alpha value is -1.10. The fraction of sp³-hybridized carbons (Fsp3) is 0.857. The molecule has 2 amide bonds. The molecule has 108 valence electrons. The molecule has 0 radical (unpaired) electrons. The molecule has 1 aliphatic carbocycles. The fourth-order valence-corrected chi connectivity index (χ4v) is 2.99. The Morgan fingerprint density at radius 1 is 1.21 bits per heavy atom. The van der Waals surface area contributed by atoms with E-state index >= 15 is 0 Å². The van der Waals surface area contributed by atoms with Gasteiger partial charge in [-0.1, -0.05) is 12.8 Å². The van der Waals surface area contributed by atoms with E-state index in [2.05, 4.69) is 5.32 Å². The highest BCUT2D eigenvalue weighted by Gasteiger charge is 2.26. The van der Waals surface area contributed by atoms with E-state index in [1.807, 2.05) is 0 Å². The molecule has 0 aromatic heterocycles. The van der Waals surface area contributed by atoms with Crippen molar-refractivity contribution in [1.82, 2.24) is 10.2 Å². The van der Waals surface area contributed by atoms with Gasteiger partial charge in [-0.3, -0.25) is 9.59 Å². The molecule has 2 rings (SSSR count). The van der Waals surface area contributed by atoms with E-state index in [9.17, 15) is 9.59 Å². The van der Waals surface area contributed by atoms with E-state index < -0.39 is 0 Å². The molecule has 0 spiro atoms. The SMILES string of the molecule is O=C(NCCC(=O)N1CCC(CO)C1)C1CCCC1. The van der Waals surface area contributed by atoms with Crippen molar-refractivity contribution >= 4 is 11.8 Å². The summed E-state index contributed by atoms with van der Waals surface area (Å²) in [6.45, 7) is 1.99. The van der Waals surface area contributed by atoms with Gasteiger partial charge in [0.15, 0.2) is 0 Å². The average Bonchev–Trinajstić information content (AvgIpc) is 3.09. The lowest BCUT2D eigenvalue weighted by molar-refractivity contribution is -0.130. The second kappa shape index (κ2) is 6.89. The van der Waals surface area contributed by atoms with Gasteiger partial charge in [-0.15, -0.1) is 0 Å². The van der Waals surface area contributed by atoms with Gasteiger partial charge in [-0.2, -0.15) is 0 Å². The van der Waals surface area contributed by atoms with E-state index in [0.717, 1.165) is 38.6 Å². The van der Waals surface area contributed by atoms with Gasteiger partial charge in [-0.05, 0) is 19.3 Å². The van der Waals surface area contributed by atoms with Crippen LogP contribution in [0.1, 0.15) is 38.5 Å². The maximum atomic E-state index is 11.9. The lowest BCUT2D eigenvalue weighted by Crippen LogP contribution is -2.35. The third-order valence-corrected chi connectivity index (χ3v) is 4.26. The van der Waals surface area contributed by atoms with Crippen LogP contribution in [0.15, 0.2) is 0 Å². The number of nitrogens with zero attached hydrogens (tertiary/aromatic N) is 1. The van der Waals surface area contributed by atoms with Crippen LogP contribution >= 0.6 is 0 Å². The predicted molar refractivity (Wildman–Crippen MR) is 71.4 cm³/mol. The van der Waals surface area contributed by atoms with Crippen LogP contribution in [0.2, 0.25) is 0 Å². The molecule has 2 fully saturated rings. The van der Waals surface area contributed by atoms with Gasteiger partial charge in [0.25, 0.3) is 0 Å². The van der Waals surface area contributed by atoms with Crippen molar-refractivity contribution in [3.05, 3.63) is 0 Å². The van der Waals surface area contributed by atoms with Crippen LogP contribution in [0.3, 0.4) is 0 Å². The smallest absolute Gasteiger partial charge is 0.224 e. The summed E-state index contributed by atoms with van der Waals surface area (Å²) >= 11 is 0. The zero-order chi connectivity index (χ0) is 13.7. The molecule has 0 bridgehead atoms. The standard InChI is InChI=1S/C14H24N2O3/c17-10-11-6-8-16(9-11)13(18)5-7-15-14(19)12-3-1-2-4-12/h11-12,17H,1-10H2,(H,15,19). The zero-order valence-electron chi connectivity index (χ0n) is 11.4. The number of amides is 2. The molecule has 1 aliphatic heterocycles. The number of aliphatic hydroxyl groups excluding tert-OH is 1. The van der Waals surface area contributed by atoms with Crippen LogP contribution in [0, 0.1) is 11.8 Å². The number of hydrogen-bond donors (Lipinski definition) is 2.